The summed E-state index contributed by atoms with van der Waals surface area (Å²) in [5.41, 5.74) is 7.59. The fraction of sp³-hybridized carbons (Fsp3) is 0.0769. The van der Waals surface area contributed by atoms with Gasteiger partial charge < -0.3 is 10.5 Å². The van der Waals surface area contributed by atoms with Gasteiger partial charge in [0.25, 0.3) is 0 Å². The summed E-state index contributed by atoms with van der Waals surface area (Å²) in [5.74, 6) is 0.831. The average molecular weight is 278 g/mol. The molecule has 0 fully saturated rings. The fourth-order valence-corrected chi connectivity index (χ4v) is 1.76. The molecule has 0 aliphatic rings. The molecule has 16 heavy (non-hydrogen) atoms. The highest BCUT2D eigenvalue weighted by atomic mass is 79.9. The van der Waals surface area contributed by atoms with E-state index in [4.69, 9.17) is 10.5 Å². The average Bonchev–Trinajstić information content (AvgIpc) is 2.28. The molecule has 0 radical (unpaired) electrons. The second-order valence-electron chi connectivity index (χ2n) is 3.44. The zero-order chi connectivity index (χ0) is 11.4. The lowest BCUT2D eigenvalue weighted by molar-refractivity contribution is 0.306. The molecule has 0 unspecified atom stereocenters. The monoisotopic (exact) mass is 277 g/mol. The Bertz CT molecular complexity index is 485. The molecule has 0 heterocycles. The third-order valence-electron chi connectivity index (χ3n) is 2.25. The number of hydrogen-bond donors (Lipinski definition) is 1. The van der Waals surface area contributed by atoms with E-state index < -0.39 is 0 Å². The molecular weight excluding hydrogens is 266 g/mol. The molecule has 2 aromatic rings. The van der Waals surface area contributed by atoms with Gasteiger partial charge >= 0.3 is 0 Å². The minimum Gasteiger partial charge on any atom is -0.489 e. The van der Waals surface area contributed by atoms with Crippen LogP contribution < -0.4 is 10.5 Å². The van der Waals surface area contributed by atoms with E-state index in [0.29, 0.717) is 6.61 Å². The first-order valence-corrected chi connectivity index (χ1v) is 5.77. The van der Waals surface area contributed by atoms with E-state index in [9.17, 15) is 0 Å². The first kappa shape index (κ1) is 11.0. The maximum Gasteiger partial charge on any atom is 0.120 e. The van der Waals surface area contributed by atoms with Crippen LogP contribution >= 0.6 is 15.9 Å². The number of nitrogens with two attached hydrogens (primary N) is 1. The zero-order valence-electron chi connectivity index (χ0n) is 8.69. The minimum absolute atomic E-state index is 0.489. The number of halogens is 1. The molecular formula is C13H12BrNO. The highest BCUT2D eigenvalue weighted by Crippen LogP contribution is 2.20. The molecule has 0 saturated carbocycles. The lowest BCUT2D eigenvalue weighted by atomic mass is 10.2. The lowest BCUT2D eigenvalue weighted by Crippen LogP contribution is -1.99. The molecule has 82 valence electrons. The third-order valence-corrected chi connectivity index (χ3v) is 2.74. The molecule has 0 spiro atoms. The third kappa shape index (κ3) is 2.76. The summed E-state index contributed by atoms with van der Waals surface area (Å²) in [6.45, 7) is 0.489. The minimum atomic E-state index is 0.489. The molecule has 2 rings (SSSR count). The Labute approximate surface area is 103 Å². The van der Waals surface area contributed by atoms with E-state index in [1.165, 1.54) is 0 Å². The number of rotatable bonds is 3. The van der Waals surface area contributed by atoms with E-state index in [0.717, 1.165) is 21.5 Å². The van der Waals surface area contributed by atoms with Crippen molar-refractivity contribution in [2.45, 2.75) is 6.61 Å². The van der Waals surface area contributed by atoms with Crippen LogP contribution in [-0.2, 0) is 6.61 Å². The van der Waals surface area contributed by atoms with E-state index in [1.807, 2.05) is 48.5 Å². The molecule has 0 atom stereocenters. The van der Waals surface area contributed by atoms with Gasteiger partial charge in [-0.2, -0.15) is 0 Å². The van der Waals surface area contributed by atoms with Gasteiger partial charge in [0.15, 0.2) is 0 Å². The standard InChI is InChI=1S/C13H12BrNO/c14-11-5-3-6-12(8-11)16-9-10-4-1-2-7-13(10)15/h1-8H,9,15H2. The number of benzene rings is 2. The Kier molecular flexibility index (Phi) is 3.47. The highest BCUT2D eigenvalue weighted by Gasteiger charge is 1.99. The number of para-hydroxylation sites is 1. The van der Waals surface area contributed by atoms with Gasteiger partial charge in [0, 0.05) is 15.7 Å². The van der Waals surface area contributed by atoms with Crippen LogP contribution in [0, 0.1) is 0 Å². The fourth-order valence-electron chi connectivity index (χ4n) is 1.38. The second-order valence-corrected chi connectivity index (χ2v) is 4.36. The van der Waals surface area contributed by atoms with Gasteiger partial charge in [-0.25, -0.2) is 0 Å². The van der Waals surface area contributed by atoms with Crippen molar-refractivity contribution in [1.29, 1.82) is 0 Å². The van der Waals surface area contributed by atoms with E-state index in [1.54, 1.807) is 0 Å². The summed E-state index contributed by atoms with van der Waals surface area (Å²) < 4.78 is 6.65. The van der Waals surface area contributed by atoms with E-state index >= 15 is 0 Å². The van der Waals surface area contributed by atoms with Gasteiger partial charge in [0.2, 0.25) is 0 Å². The predicted octanol–water partition coefficient (Wildman–Crippen LogP) is 3.61. The Morgan fingerprint density at radius 1 is 1.06 bits per heavy atom. The Morgan fingerprint density at radius 2 is 1.88 bits per heavy atom. The summed E-state index contributed by atoms with van der Waals surface area (Å²) in [5, 5.41) is 0. The van der Waals surface area contributed by atoms with E-state index in [-0.39, 0.29) is 0 Å². The first-order valence-electron chi connectivity index (χ1n) is 4.97. The first-order chi connectivity index (χ1) is 7.75. The Balaban J connectivity index is 2.05. The molecule has 2 nitrogen and oxygen atoms in total. The van der Waals surface area contributed by atoms with Crippen LogP contribution in [0.15, 0.2) is 53.0 Å². The Hall–Kier alpha value is -1.48. The molecule has 0 aliphatic heterocycles. The van der Waals surface area contributed by atoms with Crippen LogP contribution in [0.3, 0.4) is 0 Å². The van der Waals surface area contributed by atoms with Gasteiger partial charge in [0.1, 0.15) is 12.4 Å². The predicted molar refractivity (Wildman–Crippen MR) is 69.3 cm³/mol. The molecule has 2 N–H and O–H groups in total. The van der Waals surface area contributed by atoms with Crippen molar-refractivity contribution in [3.63, 3.8) is 0 Å². The summed E-state index contributed by atoms with van der Waals surface area (Å²) in [6.07, 6.45) is 0. The maximum atomic E-state index is 5.83. The number of hydrogen-bond acceptors (Lipinski definition) is 2. The largest absolute Gasteiger partial charge is 0.489 e. The van der Waals surface area contributed by atoms with Gasteiger partial charge in [-0.3, -0.25) is 0 Å². The lowest BCUT2D eigenvalue weighted by Gasteiger charge is -2.08. The van der Waals surface area contributed by atoms with Gasteiger partial charge in [0.05, 0.1) is 0 Å². The van der Waals surface area contributed by atoms with Crippen molar-refractivity contribution in [2.24, 2.45) is 0 Å². The summed E-state index contributed by atoms with van der Waals surface area (Å²) in [4.78, 5) is 0. The molecule has 0 aromatic heterocycles. The number of ether oxygens (including phenoxy) is 1. The second kappa shape index (κ2) is 5.03. The molecule has 0 amide bonds. The summed E-state index contributed by atoms with van der Waals surface area (Å²) in [6, 6.07) is 15.5. The quantitative estimate of drug-likeness (QED) is 0.870. The van der Waals surface area contributed by atoms with Crippen LogP contribution in [0.1, 0.15) is 5.56 Å². The van der Waals surface area contributed by atoms with Crippen LogP contribution in [0.25, 0.3) is 0 Å². The van der Waals surface area contributed by atoms with Crippen LogP contribution in [-0.4, -0.2) is 0 Å². The molecule has 2 aromatic carbocycles. The molecule has 0 bridgehead atoms. The Morgan fingerprint density at radius 3 is 2.62 bits per heavy atom. The summed E-state index contributed by atoms with van der Waals surface area (Å²) in [7, 11) is 0. The number of anilines is 1. The molecule has 0 saturated heterocycles. The molecule has 0 aliphatic carbocycles. The van der Waals surface area contributed by atoms with Crippen molar-refractivity contribution < 1.29 is 4.74 Å². The SMILES string of the molecule is Nc1ccccc1COc1cccc(Br)c1. The normalized spacial score (nSPS) is 10.1. The van der Waals surface area contributed by atoms with Crippen molar-refractivity contribution in [3.8, 4) is 5.75 Å². The van der Waals surface area contributed by atoms with Crippen LogP contribution in [0.5, 0.6) is 5.75 Å². The van der Waals surface area contributed by atoms with Gasteiger partial charge in [-0.1, -0.05) is 40.2 Å². The van der Waals surface area contributed by atoms with E-state index in [2.05, 4.69) is 15.9 Å². The van der Waals surface area contributed by atoms with Crippen molar-refractivity contribution in [1.82, 2.24) is 0 Å². The summed E-state index contributed by atoms with van der Waals surface area (Å²) >= 11 is 3.40. The zero-order valence-corrected chi connectivity index (χ0v) is 10.3. The molecule has 3 heteroatoms. The smallest absolute Gasteiger partial charge is 0.120 e. The van der Waals surface area contributed by atoms with Crippen LogP contribution in [0.2, 0.25) is 0 Å². The van der Waals surface area contributed by atoms with Crippen molar-refractivity contribution in [2.75, 3.05) is 5.73 Å². The van der Waals surface area contributed by atoms with Gasteiger partial charge in [-0.05, 0) is 24.3 Å². The maximum absolute atomic E-state index is 5.83. The highest BCUT2D eigenvalue weighted by molar-refractivity contribution is 9.10. The number of nitrogen functional groups attached to an aromatic ring is 1. The van der Waals surface area contributed by atoms with Gasteiger partial charge in [-0.15, -0.1) is 0 Å². The van der Waals surface area contributed by atoms with Crippen LogP contribution in [0.4, 0.5) is 5.69 Å². The van der Waals surface area contributed by atoms with Crippen molar-refractivity contribution >= 4 is 21.6 Å². The van der Waals surface area contributed by atoms with Crippen molar-refractivity contribution in [3.05, 3.63) is 58.6 Å². The topological polar surface area (TPSA) is 35.2 Å².